The highest BCUT2D eigenvalue weighted by atomic mass is 32.2. The fraction of sp³-hybridized carbons (Fsp3) is 0.450. The molecule has 0 bridgehead atoms. The fourth-order valence-electron chi connectivity index (χ4n) is 3.44. The van der Waals surface area contributed by atoms with Crippen LogP contribution in [-0.4, -0.2) is 14.3 Å². The second-order valence-corrected chi connectivity index (χ2v) is 10.9. The van der Waals surface area contributed by atoms with Gasteiger partial charge in [0.2, 0.25) is 10.0 Å². The van der Waals surface area contributed by atoms with Crippen LogP contribution in [0.3, 0.4) is 0 Å². The SMILES string of the molecule is CC(C)(C)[C@H]1CCc2sc(C(=O)NCc3ccc(S(N)(=O)=O)cc3)cc2C1. The lowest BCUT2D eigenvalue weighted by molar-refractivity contribution is 0.0955. The summed E-state index contributed by atoms with van der Waals surface area (Å²) in [5, 5.41) is 8.01. The van der Waals surface area contributed by atoms with E-state index in [0.717, 1.165) is 23.3 Å². The Hall–Kier alpha value is -1.70. The van der Waals surface area contributed by atoms with Gasteiger partial charge in [0.05, 0.1) is 9.77 Å². The van der Waals surface area contributed by atoms with Crippen molar-refractivity contribution in [3.05, 3.63) is 51.2 Å². The number of nitrogens with one attached hydrogen (secondary N) is 1. The third-order valence-electron chi connectivity index (χ3n) is 5.24. The molecule has 1 aromatic heterocycles. The quantitative estimate of drug-likeness (QED) is 0.815. The van der Waals surface area contributed by atoms with Gasteiger partial charge in [-0.25, -0.2) is 13.6 Å². The van der Waals surface area contributed by atoms with Crippen molar-refractivity contribution in [2.24, 2.45) is 16.5 Å². The number of aryl methyl sites for hydroxylation is 1. The van der Waals surface area contributed by atoms with E-state index in [1.807, 2.05) is 6.07 Å². The number of sulfonamides is 1. The van der Waals surface area contributed by atoms with E-state index in [1.54, 1.807) is 23.5 Å². The number of rotatable bonds is 4. The number of fused-ring (bicyclic) bond motifs is 1. The van der Waals surface area contributed by atoms with Crippen molar-refractivity contribution in [2.45, 2.75) is 51.5 Å². The van der Waals surface area contributed by atoms with Gasteiger partial charge < -0.3 is 5.32 Å². The van der Waals surface area contributed by atoms with Crippen LogP contribution in [0.1, 0.15) is 52.9 Å². The molecule has 3 N–H and O–H groups in total. The van der Waals surface area contributed by atoms with Gasteiger partial charge in [-0.3, -0.25) is 4.79 Å². The monoisotopic (exact) mass is 406 g/mol. The Morgan fingerprint density at radius 3 is 2.52 bits per heavy atom. The molecule has 7 heteroatoms. The normalized spacial score (nSPS) is 17.4. The molecule has 27 heavy (non-hydrogen) atoms. The molecular formula is C20H26N2O3S2. The Labute approximate surface area is 165 Å². The number of primary sulfonamides is 1. The van der Waals surface area contributed by atoms with Crippen molar-refractivity contribution in [1.82, 2.24) is 5.32 Å². The average molecular weight is 407 g/mol. The van der Waals surface area contributed by atoms with Crippen LogP contribution in [0.15, 0.2) is 35.2 Å². The standard InChI is InChI=1S/C20H26N2O3S2/c1-20(2,3)15-6-9-17-14(10-15)11-18(26-17)19(23)22-12-13-4-7-16(8-5-13)27(21,24)25/h4-5,7-8,11,15H,6,9-10,12H2,1-3H3,(H,22,23)(H2,21,24,25)/t15-/m0/s1. The highest BCUT2D eigenvalue weighted by Crippen LogP contribution is 2.40. The molecule has 0 saturated heterocycles. The summed E-state index contributed by atoms with van der Waals surface area (Å²) < 4.78 is 22.6. The molecule has 3 rings (SSSR count). The molecule has 1 aliphatic carbocycles. The third-order valence-corrected chi connectivity index (χ3v) is 7.40. The summed E-state index contributed by atoms with van der Waals surface area (Å²) in [4.78, 5) is 14.7. The molecule has 5 nitrogen and oxygen atoms in total. The van der Waals surface area contributed by atoms with Gasteiger partial charge in [0.1, 0.15) is 0 Å². The summed E-state index contributed by atoms with van der Waals surface area (Å²) >= 11 is 1.59. The number of carbonyl (C=O) groups is 1. The lowest BCUT2D eigenvalue weighted by Gasteiger charge is -2.33. The topological polar surface area (TPSA) is 89.3 Å². The molecule has 1 heterocycles. The van der Waals surface area contributed by atoms with Crippen molar-refractivity contribution >= 4 is 27.3 Å². The minimum absolute atomic E-state index is 0.0666. The Bertz CT molecular complexity index is 939. The van der Waals surface area contributed by atoms with Crippen LogP contribution in [0.25, 0.3) is 0 Å². The van der Waals surface area contributed by atoms with Crippen LogP contribution < -0.4 is 10.5 Å². The van der Waals surface area contributed by atoms with Crippen LogP contribution in [0.4, 0.5) is 0 Å². The third kappa shape index (κ3) is 4.78. The Morgan fingerprint density at radius 1 is 1.26 bits per heavy atom. The second-order valence-electron chi connectivity index (χ2n) is 8.24. The smallest absolute Gasteiger partial charge is 0.261 e. The van der Waals surface area contributed by atoms with E-state index in [4.69, 9.17) is 5.14 Å². The number of amides is 1. The summed E-state index contributed by atoms with van der Waals surface area (Å²) in [6.45, 7) is 7.19. The van der Waals surface area contributed by atoms with Gasteiger partial charge in [0, 0.05) is 11.4 Å². The minimum Gasteiger partial charge on any atom is -0.347 e. The van der Waals surface area contributed by atoms with Crippen LogP contribution in [-0.2, 0) is 29.4 Å². The van der Waals surface area contributed by atoms with Gasteiger partial charge in [-0.2, -0.15) is 0 Å². The Morgan fingerprint density at radius 2 is 1.93 bits per heavy atom. The van der Waals surface area contributed by atoms with Crippen molar-refractivity contribution in [2.75, 3.05) is 0 Å². The molecule has 0 radical (unpaired) electrons. The van der Waals surface area contributed by atoms with E-state index >= 15 is 0 Å². The van der Waals surface area contributed by atoms with E-state index in [1.165, 1.54) is 29.0 Å². The van der Waals surface area contributed by atoms with Crippen LogP contribution in [0, 0.1) is 11.3 Å². The fourth-order valence-corrected chi connectivity index (χ4v) is 5.08. The van der Waals surface area contributed by atoms with E-state index in [2.05, 4.69) is 26.1 Å². The second kappa shape index (κ2) is 7.37. The number of hydrogen-bond donors (Lipinski definition) is 2. The number of hydrogen-bond acceptors (Lipinski definition) is 4. The molecule has 0 spiro atoms. The van der Waals surface area contributed by atoms with Crippen molar-refractivity contribution < 1.29 is 13.2 Å². The maximum absolute atomic E-state index is 12.5. The van der Waals surface area contributed by atoms with Crippen molar-refractivity contribution in [3.8, 4) is 0 Å². The first kappa shape index (κ1) is 20.0. The van der Waals surface area contributed by atoms with Crippen molar-refractivity contribution in [1.29, 1.82) is 0 Å². The van der Waals surface area contributed by atoms with Gasteiger partial charge in [-0.15, -0.1) is 11.3 Å². The molecule has 1 aromatic carbocycles. The largest absolute Gasteiger partial charge is 0.347 e. The molecule has 0 unspecified atom stereocenters. The summed E-state index contributed by atoms with van der Waals surface area (Å²) in [5.41, 5.74) is 2.42. The minimum atomic E-state index is -3.70. The molecule has 2 aromatic rings. The first-order valence-corrected chi connectivity index (χ1v) is 11.4. The first-order chi connectivity index (χ1) is 12.5. The molecule has 1 amide bonds. The predicted molar refractivity (Wildman–Crippen MR) is 108 cm³/mol. The van der Waals surface area contributed by atoms with Gasteiger partial charge in [0.25, 0.3) is 5.91 Å². The summed E-state index contributed by atoms with van der Waals surface area (Å²) in [5.74, 6) is 0.560. The highest BCUT2D eigenvalue weighted by Gasteiger charge is 2.30. The summed E-state index contributed by atoms with van der Waals surface area (Å²) in [6.07, 6.45) is 3.26. The zero-order valence-corrected chi connectivity index (χ0v) is 17.5. The molecule has 1 aliphatic rings. The molecule has 1 atom stereocenters. The van der Waals surface area contributed by atoms with Gasteiger partial charge in [0.15, 0.2) is 0 Å². The van der Waals surface area contributed by atoms with Crippen LogP contribution >= 0.6 is 11.3 Å². The van der Waals surface area contributed by atoms with Crippen LogP contribution in [0.2, 0.25) is 0 Å². The molecule has 146 valence electrons. The Balaban J connectivity index is 1.64. The van der Waals surface area contributed by atoms with E-state index < -0.39 is 10.0 Å². The number of benzene rings is 1. The van der Waals surface area contributed by atoms with Crippen LogP contribution in [0.5, 0.6) is 0 Å². The number of nitrogens with two attached hydrogens (primary N) is 1. The zero-order valence-electron chi connectivity index (χ0n) is 15.9. The van der Waals surface area contributed by atoms with E-state index in [-0.39, 0.29) is 16.2 Å². The summed E-state index contributed by atoms with van der Waals surface area (Å²) in [6, 6.07) is 8.26. The highest BCUT2D eigenvalue weighted by molar-refractivity contribution is 7.89. The van der Waals surface area contributed by atoms with Gasteiger partial charge in [-0.1, -0.05) is 32.9 Å². The zero-order chi connectivity index (χ0) is 19.8. The Kier molecular flexibility index (Phi) is 5.47. The lowest BCUT2D eigenvalue weighted by Crippen LogP contribution is -2.26. The average Bonchev–Trinajstić information content (AvgIpc) is 3.02. The first-order valence-electron chi connectivity index (χ1n) is 9.05. The maximum Gasteiger partial charge on any atom is 0.261 e. The maximum atomic E-state index is 12.5. The lowest BCUT2D eigenvalue weighted by atomic mass is 9.72. The van der Waals surface area contributed by atoms with Crippen molar-refractivity contribution in [3.63, 3.8) is 0 Å². The molecule has 0 aliphatic heterocycles. The molecular weight excluding hydrogens is 380 g/mol. The number of thiophene rings is 1. The molecule has 0 fully saturated rings. The van der Waals surface area contributed by atoms with Gasteiger partial charge in [-0.05, 0) is 59.9 Å². The summed E-state index contributed by atoms with van der Waals surface area (Å²) in [7, 11) is -3.70. The van der Waals surface area contributed by atoms with E-state index in [9.17, 15) is 13.2 Å². The van der Waals surface area contributed by atoms with Gasteiger partial charge >= 0.3 is 0 Å². The molecule has 0 saturated carbocycles. The predicted octanol–water partition coefficient (Wildman–Crippen LogP) is 3.48. The van der Waals surface area contributed by atoms with E-state index in [0.29, 0.717) is 12.5 Å². The number of carbonyl (C=O) groups excluding carboxylic acids is 1.